The number of halogens is 5. The number of hydrogen-bond acceptors (Lipinski definition) is 2. The zero-order chi connectivity index (χ0) is 16.6. The van der Waals surface area contributed by atoms with Gasteiger partial charge in [0.25, 0.3) is 0 Å². The van der Waals surface area contributed by atoms with E-state index in [9.17, 15) is 8.78 Å². The molecule has 130 valence electrons. The predicted molar refractivity (Wildman–Crippen MR) is 101 cm³/mol. The molecule has 0 saturated heterocycles. The summed E-state index contributed by atoms with van der Waals surface area (Å²) < 4.78 is 28.4. The van der Waals surface area contributed by atoms with Crippen molar-refractivity contribution in [1.82, 2.24) is 4.98 Å². The maximum absolute atomic E-state index is 13.3. The minimum atomic E-state index is -0.592. The highest BCUT2D eigenvalue weighted by Crippen LogP contribution is 2.36. The van der Waals surface area contributed by atoms with Crippen LogP contribution in [0.2, 0.25) is 0 Å². The third-order valence-electron chi connectivity index (χ3n) is 4.15. The van der Waals surface area contributed by atoms with Crippen LogP contribution < -0.4 is 5.73 Å². The zero-order valence-corrected chi connectivity index (χ0v) is 16.8. The standard InChI is InChI=1S/C17H16Br2F2N2.ClH/c18-15-12-3-1-2-4-13(12)17(19)23-16(15)14(22)7-9-5-10(20)8-11(21)6-9;/h5-6,8,14H,1-4,7,22H2;1H. The van der Waals surface area contributed by atoms with Crippen LogP contribution in [0.25, 0.3) is 0 Å². The van der Waals surface area contributed by atoms with Crippen LogP contribution in [-0.2, 0) is 19.3 Å². The van der Waals surface area contributed by atoms with Crippen LogP contribution in [0, 0.1) is 11.6 Å². The lowest BCUT2D eigenvalue weighted by Gasteiger charge is -2.22. The van der Waals surface area contributed by atoms with E-state index in [-0.39, 0.29) is 12.4 Å². The minimum Gasteiger partial charge on any atom is -0.322 e. The topological polar surface area (TPSA) is 38.9 Å². The van der Waals surface area contributed by atoms with Gasteiger partial charge in [-0.2, -0.15) is 0 Å². The molecule has 0 spiro atoms. The predicted octanol–water partition coefficient (Wildman–Crippen LogP) is 5.43. The van der Waals surface area contributed by atoms with Gasteiger partial charge in [-0.3, -0.25) is 0 Å². The number of fused-ring (bicyclic) bond motifs is 1. The molecule has 1 unspecified atom stereocenters. The Morgan fingerprint density at radius 2 is 1.62 bits per heavy atom. The van der Waals surface area contributed by atoms with E-state index in [4.69, 9.17) is 5.73 Å². The van der Waals surface area contributed by atoms with Crippen molar-refractivity contribution < 1.29 is 8.78 Å². The second-order valence-corrected chi connectivity index (χ2v) is 7.40. The molecule has 0 saturated carbocycles. The van der Waals surface area contributed by atoms with Gasteiger partial charge in [0.2, 0.25) is 0 Å². The summed E-state index contributed by atoms with van der Waals surface area (Å²) in [6.07, 6.45) is 4.63. The average Bonchev–Trinajstić information content (AvgIpc) is 2.50. The number of nitrogens with zero attached hydrogens (tertiary/aromatic N) is 1. The summed E-state index contributed by atoms with van der Waals surface area (Å²) in [5.41, 5.74) is 10.00. The summed E-state index contributed by atoms with van der Waals surface area (Å²) in [7, 11) is 0. The molecule has 1 aliphatic carbocycles. The lowest BCUT2D eigenvalue weighted by molar-refractivity contribution is 0.575. The smallest absolute Gasteiger partial charge is 0.126 e. The van der Waals surface area contributed by atoms with Gasteiger partial charge in [-0.1, -0.05) is 0 Å². The Morgan fingerprint density at radius 1 is 1.04 bits per heavy atom. The number of pyridine rings is 1. The van der Waals surface area contributed by atoms with Gasteiger partial charge in [0.1, 0.15) is 16.2 Å². The Labute approximate surface area is 162 Å². The number of nitrogens with two attached hydrogens (primary N) is 1. The van der Waals surface area contributed by atoms with Crippen molar-refractivity contribution in [3.63, 3.8) is 0 Å². The number of hydrogen-bond donors (Lipinski definition) is 1. The van der Waals surface area contributed by atoms with Crippen molar-refractivity contribution in [1.29, 1.82) is 0 Å². The van der Waals surface area contributed by atoms with E-state index in [0.29, 0.717) is 12.0 Å². The van der Waals surface area contributed by atoms with Gasteiger partial charge in [-0.05, 0) is 92.8 Å². The number of aromatic nitrogens is 1. The first-order chi connectivity index (χ1) is 11.0. The molecule has 0 fully saturated rings. The molecular formula is C17H17Br2ClF2N2. The second-order valence-electron chi connectivity index (χ2n) is 5.85. The molecule has 0 aliphatic heterocycles. The maximum Gasteiger partial charge on any atom is 0.126 e. The van der Waals surface area contributed by atoms with Gasteiger partial charge in [0.15, 0.2) is 0 Å². The van der Waals surface area contributed by atoms with Crippen molar-refractivity contribution in [2.24, 2.45) is 5.73 Å². The van der Waals surface area contributed by atoms with Crippen LogP contribution >= 0.6 is 44.3 Å². The van der Waals surface area contributed by atoms with Gasteiger partial charge in [-0.25, -0.2) is 13.8 Å². The fraction of sp³-hybridized carbons (Fsp3) is 0.353. The highest BCUT2D eigenvalue weighted by Gasteiger charge is 2.23. The first-order valence-electron chi connectivity index (χ1n) is 7.53. The van der Waals surface area contributed by atoms with Gasteiger partial charge in [0, 0.05) is 10.5 Å². The molecule has 2 nitrogen and oxygen atoms in total. The molecule has 1 aromatic carbocycles. The van der Waals surface area contributed by atoms with Crippen molar-refractivity contribution in [2.45, 2.75) is 38.1 Å². The lowest BCUT2D eigenvalue weighted by atomic mass is 9.91. The van der Waals surface area contributed by atoms with Crippen molar-refractivity contribution in [3.8, 4) is 0 Å². The summed E-state index contributed by atoms with van der Waals surface area (Å²) in [5, 5.41) is 0. The highest BCUT2D eigenvalue weighted by atomic mass is 79.9. The zero-order valence-electron chi connectivity index (χ0n) is 12.8. The van der Waals surface area contributed by atoms with Gasteiger partial charge < -0.3 is 5.73 Å². The Bertz CT molecular complexity index is 736. The minimum absolute atomic E-state index is 0. The molecule has 1 heterocycles. The van der Waals surface area contributed by atoms with Crippen LogP contribution in [0.4, 0.5) is 8.78 Å². The Morgan fingerprint density at radius 3 is 2.25 bits per heavy atom. The molecule has 1 aliphatic rings. The molecule has 2 N–H and O–H groups in total. The van der Waals surface area contributed by atoms with Gasteiger partial charge in [-0.15, -0.1) is 12.4 Å². The molecular weight excluding hydrogens is 465 g/mol. The first-order valence-corrected chi connectivity index (χ1v) is 9.11. The summed E-state index contributed by atoms with van der Waals surface area (Å²) in [6, 6.07) is 3.04. The summed E-state index contributed by atoms with van der Waals surface area (Å²) in [6.45, 7) is 0. The maximum atomic E-state index is 13.3. The number of benzene rings is 1. The summed E-state index contributed by atoms with van der Waals surface area (Å²) >= 11 is 7.17. The largest absolute Gasteiger partial charge is 0.322 e. The van der Waals surface area contributed by atoms with E-state index >= 15 is 0 Å². The Hall–Kier alpha value is -0.560. The molecule has 3 rings (SSSR count). The molecule has 1 aromatic heterocycles. The third-order valence-corrected chi connectivity index (χ3v) is 5.70. The van der Waals surface area contributed by atoms with Crippen LogP contribution in [-0.4, -0.2) is 4.98 Å². The quantitative estimate of drug-likeness (QED) is 0.593. The van der Waals surface area contributed by atoms with Crippen molar-refractivity contribution in [3.05, 3.63) is 61.3 Å². The van der Waals surface area contributed by atoms with E-state index < -0.39 is 17.7 Å². The van der Waals surface area contributed by atoms with E-state index in [1.165, 1.54) is 23.3 Å². The highest BCUT2D eigenvalue weighted by molar-refractivity contribution is 9.11. The monoisotopic (exact) mass is 480 g/mol. The van der Waals surface area contributed by atoms with Crippen LogP contribution in [0.1, 0.15) is 41.3 Å². The Balaban J connectivity index is 0.00000208. The SMILES string of the molecule is Cl.NC(Cc1cc(F)cc(F)c1)c1nc(Br)c2c(c1Br)CCCC2. The molecule has 24 heavy (non-hydrogen) atoms. The van der Waals surface area contributed by atoms with E-state index in [1.807, 2.05) is 0 Å². The normalized spacial score (nSPS) is 14.7. The first kappa shape index (κ1) is 19.8. The number of rotatable bonds is 3. The van der Waals surface area contributed by atoms with Crippen LogP contribution in [0.3, 0.4) is 0 Å². The van der Waals surface area contributed by atoms with E-state index in [1.54, 1.807) is 0 Å². The molecule has 2 aromatic rings. The third kappa shape index (κ3) is 4.15. The van der Waals surface area contributed by atoms with Gasteiger partial charge >= 0.3 is 0 Å². The van der Waals surface area contributed by atoms with E-state index in [0.717, 1.165) is 46.5 Å². The molecule has 1 atom stereocenters. The van der Waals surface area contributed by atoms with Gasteiger partial charge in [0.05, 0.1) is 11.7 Å². The van der Waals surface area contributed by atoms with Crippen molar-refractivity contribution >= 4 is 44.3 Å². The average molecular weight is 483 g/mol. The van der Waals surface area contributed by atoms with Crippen LogP contribution in [0.15, 0.2) is 27.3 Å². The van der Waals surface area contributed by atoms with Crippen molar-refractivity contribution in [2.75, 3.05) is 0 Å². The lowest BCUT2D eigenvalue weighted by Crippen LogP contribution is -2.19. The fourth-order valence-electron chi connectivity index (χ4n) is 3.08. The second kappa shape index (κ2) is 8.21. The Kier molecular flexibility index (Phi) is 6.76. The summed E-state index contributed by atoms with van der Waals surface area (Å²) in [4.78, 5) is 4.58. The molecule has 7 heteroatoms. The van der Waals surface area contributed by atoms with Crippen LogP contribution in [0.5, 0.6) is 0 Å². The molecule has 0 radical (unpaired) electrons. The molecule has 0 bridgehead atoms. The fourth-order valence-corrected chi connectivity index (χ4v) is 4.53. The van der Waals surface area contributed by atoms with E-state index in [2.05, 4.69) is 36.8 Å². The molecule has 0 amide bonds. The summed E-state index contributed by atoms with van der Waals surface area (Å²) in [5.74, 6) is -1.18.